The number of hydrogen-bond donors (Lipinski definition) is 6. The average molecular weight is 484 g/mol. The first-order chi connectivity index (χ1) is 16.0. The minimum atomic E-state index is -3.36. The molecule has 1 fully saturated rings. The lowest BCUT2D eigenvalue weighted by Crippen LogP contribution is -2.68. The third kappa shape index (κ3) is 4.16. The second-order valence-electron chi connectivity index (χ2n) is 7.66. The van der Waals surface area contributed by atoms with Gasteiger partial charge in [0.15, 0.2) is 0 Å². The molecule has 3 rings (SSSR count). The van der Waals surface area contributed by atoms with E-state index in [0.717, 1.165) is 5.56 Å². The summed E-state index contributed by atoms with van der Waals surface area (Å²) in [6, 6.07) is 6.60. The van der Waals surface area contributed by atoms with Crippen molar-refractivity contribution in [1.82, 2.24) is 14.6 Å². The number of benzene rings is 1. The second kappa shape index (κ2) is 9.71. The standard InChI is InChI=1S/C20H25FN4O9/c1-11-2-4-12(5-3-11)9-24(32)19(30)15(27)14(10-26)34-20(19,31)25-16(22)13(8-23-18(25)29)17(28)33-7-6-21/h2-5,8,14-15,26-27,30-32H,6-7,9-10,22H2,1H3/t14-,15-,19-,20+/m1/s1. The molecular weight excluding hydrogens is 459 g/mol. The van der Waals surface area contributed by atoms with Crippen molar-refractivity contribution in [3.63, 3.8) is 0 Å². The van der Waals surface area contributed by atoms with E-state index in [9.17, 15) is 39.6 Å². The van der Waals surface area contributed by atoms with Crippen molar-refractivity contribution in [3.05, 3.63) is 57.6 Å². The minimum Gasteiger partial charge on any atom is -0.459 e. The molecule has 0 amide bonds. The topological polar surface area (TPSA) is 201 Å². The van der Waals surface area contributed by atoms with E-state index in [1.54, 1.807) is 24.3 Å². The minimum absolute atomic E-state index is 0.109. The fourth-order valence-electron chi connectivity index (χ4n) is 3.60. The Morgan fingerprint density at radius 1 is 1.35 bits per heavy atom. The first kappa shape index (κ1) is 25.6. The van der Waals surface area contributed by atoms with Crippen LogP contribution in [0, 0.1) is 6.92 Å². The molecule has 0 unspecified atom stereocenters. The van der Waals surface area contributed by atoms with Crippen LogP contribution in [0.5, 0.6) is 0 Å². The number of nitrogens with zero attached hydrogens (tertiary/aromatic N) is 3. The Hall–Kier alpha value is -2.98. The van der Waals surface area contributed by atoms with Crippen molar-refractivity contribution in [2.24, 2.45) is 0 Å². The molecule has 34 heavy (non-hydrogen) atoms. The van der Waals surface area contributed by atoms with Gasteiger partial charge >= 0.3 is 17.6 Å². The number of aromatic nitrogens is 2. The zero-order valence-corrected chi connectivity index (χ0v) is 18.0. The molecule has 7 N–H and O–H groups in total. The molecule has 2 aromatic rings. The van der Waals surface area contributed by atoms with Crippen LogP contribution in [0.3, 0.4) is 0 Å². The van der Waals surface area contributed by atoms with Gasteiger partial charge in [0.1, 0.15) is 36.9 Å². The Kier molecular flexibility index (Phi) is 7.32. The summed E-state index contributed by atoms with van der Waals surface area (Å²) in [5.41, 5.74) is 2.04. The van der Waals surface area contributed by atoms with E-state index in [0.29, 0.717) is 11.8 Å². The maximum Gasteiger partial charge on any atom is 0.353 e. The van der Waals surface area contributed by atoms with Crippen LogP contribution in [0.4, 0.5) is 10.2 Å². The Balaban J connectivity index is 2.13. The summed E-state index contributed by atoms with van der Waals surface area (Å²) in [6.07, 6.45) is -3.20. The highest BCUT2D eigenvalue weighted by atomic mass is 19.1. The highest BCUT2D eigenvalue weighted by Crippen LogP contribution is 2.44. The van der Waals surface area contributed by atoms with Crippen LogP contribution in [0.25, 0.3) is 0 Å². The number of esters is 1. The molecule has 2 heterocycles. The van der Waals surface area contributed by atoms with Gasteiger partial charge in [0, 0.05) is 0 Å². The summed E-state index contributed by atoms with van der Waals surface area (Å²) in [6.45, 7) is -1.26. The van der Waals surface area contributed by atoms with Crippen molar-refractivity contribution in [3.8, 4) is 0 Å². The van der Waals surface area contributed by atoms with Crippen molar-refractivity contribution in [2.45, 2.75) is 37.3 Å². The number of alkyl halides is 1. The van der Waals surface area contributed by atoms with Crippen LogP contribution in [-0.4, -0.2) is 84.0 Å². The number of aliphatic hydroxyl groups excluding tert-OH is 2. The summed E-state index contributed by atoms with van der Waals surface area (Å²) >= 11 is 0. The number of aliphatic hydroxyl groups is 4. The van der Waals surface area contributed by atoms with Crippen molar-refractivity contribution in [2.75, 3.05) is 25.6 Å². The molecule has 186 valence electrons. The lowest BCUT2D eigenvalue weighted by atomic mass is 9.99. The highest BCUT2D eigenvalue weighted by Gasteiger charge is 2.70. The summed E-state index contributed by atoms with van der Waals surface area (Å²) in [7, 11) is 0. The van der Waals surface area contributed by atoms with Gasteiger partial charge in [-0.1, -0.05) is 29.8 Å². The molecule has 1 aromatic heterocycles. The van der Waals surface area contributed by atoms with Gasteiger partial charge in [-0.25, -0.2) is 23.5 Å². The molecule has 1 aliphatic heterocycles. The molecule has 0 bridgehead atoms. The quantitative estimate of drug-likeness (QED) is 0.140. The zero-order chi connectivity index (χ0) is 25.3. The highest BCUT2D eigenvalue weighted by molar-refractivity contribution is 5.93. The number of nitrogen functional groups attached to an aromatic ring is 1. The number of halogens is 1. The van der Waals surface area contributed by atoms with Crippen molar-refractivity contribution < 1.29 is 44.3 Å². The number of anilines is 1. The number of carbonyl (C=O) groups excluding carboxylic acids is 1. The summed E-state index contributed by atoms with van der Waals surface area (Å²) in [5, 5.41) is 53.9. The van der Waals surface area contributed by atoms with Crippen LogP contribution in [0.1, 0.15) is 21.5 Å². The fourth-order valence-corrected chi connectivity index (χ4v) is 3.60. The molecule has 0 aliphatic carbocycles. The number of ether oxygens (including phenoxy) is 2. The first-order valence-corrected chi connectivity index (χ1v) is 10.1. The number of nitrogens with two attached hydrogens (primary N) is 1. The van der Waals surface area contributed by atoms with E-state index in [1.807, 2.05) is 6.92 Å². The van der Waals surface area contributed by atoms with Gasteiger partial charge in [-0.15, -0.1) is 5.06 Å². The molecule has 1 aromatic carbocycles. The zero-order valence-electron chi connectivity index (χ0n) is 18.0. The van der Waals surface area contributed by atoms with Crippen LogP contribution < -0.4 is 11.4 Å². The third-order valence-corrected chi connectivity index (χ3v) is 5.43. The number of rotatable bonds is 8. The van der Waals surface area contributed by atoms with Gasteiger partial charge in [-0.2, -0.15) is 0 Å². The Bertz CT molecular complexity index is 1100. The smallest absolute Gasteiger partial charge is 0.353 e. The predicted octanol–water partition coefficient (Wildman–Crippen LogP) is -1.81. The van der Waals surface area contributed by atoms with Crippen LogP contribution in [0.15, 0.2) is 35.3 Å². The molecule has 4 atom stereocenters. The van der Waals surface area contributed by atoms with E-state index in [2.05, 4.69) is 9.72 Å². The van der Waals surface area contributed by atoms with Gasteiger partial charge in [0.25, 0.3) is 0 Å². The van der Waals surface area contributed by atoms with Crippen LogP contribution in [0.2, 0.25) is 0 Å². The molecule has 0 radical (unpaired) electrons. The van der Waals surface area contributed by atoms with Gasteiger partial charge in [0.2, 0.25) is 5.72 Å². The molecule has 1 saturated heterocycles. The summed E-state index contributed by atoms with van der Waals surface area (Å²) in [4.78, 5) is 28.2. The second-order valence-corrected chi connectivity index (χ2v) is 7.66. The van der Waals surface area contributed by atoms with Gasteiger partial charge in [-0.3, -0.25) is 0 Å². The maximum absolute atomic E-state index is 12.6. The predicted molar refractivity (Wildman–Crippen MR) is 111 cm³/mol. The average Bonchev–Trinajstić information content (AvgIpc) is 3.01. The molecule has 0 saturated carbocycles. The van der Waals surface area contributed by atoms with Crippen molar-refractivity contribution in [1.29, 1.82) is 0 Å². The fraction of sp³-hybridized carbons (Fsp3) is 0.450. The third-order valence-electron chi connectivity index (χ3n) is 5.43. The Morgan fingerprint density at radius 3 is 2.59 bits per heavy atom. The SMILES string of the molecule is Cc1ccc(CN(O)[C@@]2(O)[C@H](O)[C@@H](CO)O[C@]2(O)n2c(N)c(C(=O)OCCF)cnc2=O)cc1. The van der Waals surface area contributed by atoms with Gasteiger partial charge < -0.3 is 40.8 Å². The lowest BCUT2D eigenvalue weighted by molar-refractivity contribution is -0.413. The molecule has 0 spiro atoms. The van der Waals surface area contributed by atoms with Crippen LogP contribution in [-0.2, 0) is 21.9 Å². The van der Waals surface area contributed by atoms with E-state index in [1.165, 1.54) is 0 Å². The lowest BCUT2D eigenvalue weighted by Gasteiger charge is -2.42. The van der Waals surface area contributed by atoms with Gasteiger partial charge in [-0.05, 0) is 12.5 Å². The Morgan fingerprint density at radius 2 is 2.00 bits per heavy atom. The Labute approximate surface area is 192 Å². The first-order valence-electron chi connectivity index (χ1n) is 10.1. The van der Waals surface area contributed by atoms with Gasteiger partial charge in [0.05, 0.1) is 19.3 Å². The van der Waals surface area contributed by atoms with E-state index >= 15 is 0 Å². The monoisotopic (exact) mass is 484 g/mol. The number of hydroxylamine groups is 2. The normalized spacial score (nSPS) is 26.7. The van der Waals surface area contributed by atoms with E-state index < -0.39 is 73.3 Å². The summed E-state index contributed by atoms with van der Waals surface area (Å²) in [5.74, 6) is -5.40. The van der Waals surface area contributed by atoms with Crippen LogP contribution >= 0.6 is 0 Å². The molecule has 13 nitrogen and oxygen atoms in total. The number of hydrogen-bond acceptors (Lipinski definition) is 12. The van der Waals surface area contributed by atoms with E-state index in [4.69, 9.17) is 10.5 Å². The molecule has 14 heteroatoms. The summed E-state index contributed by atoms with van der Waals surface area (Å²) < 4.78 is 22.3. The largest absolute Gasteiger partial charge is 0.459 e. The molecule has 1 aliphatic rings. The molecular formula is C20H25FN4O9. The number of carbonyl (C=O) groups is 1. The van der Waals surface area contributed by atoms with Crippen molar-refractivity contribution >= 4 is 11.8 Å². The van der Waals surface area contributed by atoms with E-state index in [-0.39, 0.29) is 9.63 Å². The maximum atomic E-state index is 12.6. The number of aryl methyl sites for hydroxylation is 1.